The van der Waals surface area contributed by atoms with Crippen LogP contribution in [0.2, 0.25) is 10.0 Å². The number of amides is 1. The SMILES string of the molecule is CCCCCCOc1c(Cl)cc(C(=O)Nc2nc(-c3ccc(S(=O)(=O)N4CCCCCC4)cc3)cs2)cc1Cl. The lowest BCUT2D eigenvalue weighted by Gasteiger charge is -2.19. The van der Waals surface area contributed by atoms with Crippen LogP contribution in [0, 0.1) is 0 Å². The molecule has 0 spiro atoms. The van der Waals surface area contributed by atoms with E-state index < -0.39 is 15.9 Å². The van der Waals surface area contributed by atoms with E-state index in [1.165, 1.54) is 23.5 Å². The average molecular weight is 611 g/mol. The van der Waals surface area contributed by atoms with Gasteiger partial charge in [0.25, 0.3) is 5.91 Å². The molecule has 1 fully saturated rings. The predicted octanol–water partition coefficient (Wildman–Crippen LogP) is 7.89. The van der Waals surface area contributed by atoms with Crippen LogP contribution in [-0.4, -0.2) is 43.3 Å². The molecule has 39 heavy (non-hydrogen) atoms. The summed E-state index contributed by atoms with van der Waals surface area (Å²) in [7, 11) is -3.52. The monoisotopic (exact) mass is 609 g/mol. The maximum atomic E-state index is 13.0. The van der Waals surface area contributed by atoms with Gasteiger partial charge in [-0.05, 0) is 43.5 Å². The highest BCUT2D eigenvalue weighted by Gasteiger charge is 2.25. The number of nitrogens with zero attached hydrogens (tertiary/aromatic N) is 2. The van der Waals surface area contributed by atoms with Crippen LogP contribution in [0.1, 0.15) is 68.6 Å². The Bertz CT molecular complexity index is 1350. The van der Waals surface area contributed by atoms with Gasteiger partial charge in [-0.15, -0.1) is 11.3 Å². The Morgan fingerprint density at radius 1 is 1.03 bits per heavy atom. The number of hydrogen-bond acceptors (Lipinski definition) is 6. The second-order valence-corrected chi connectivity index (χ2v) is 13.1. The lowest BCUT2D eigenvalue weighted by atomic mass is 10.2. The smallest absolute Gasteiger partial charge is 0.257 e. The van der Waals surface area contributed by atoms with Crippen LogP contribution in [0.25, 0.3) is 11.3 Å². The number of benzene rings is 2. The summed E-state index contributed by atoms with van der Waals surface area (Å²) >= 11 is 14.0. The Hall–Kier alpha value is -2.17. The van der Waals surface area contributed by atoms with Crippen LogP contribution in [-0.2, 0) is 10.0 Å². The first-order valence-electron chi connectivity index (χ1n) is 13.3. The van der Waals surface area contributed by atoms with E-state index in [0.717, 1.165) is 56.9 Å². The van der Waals surface area contributed by atoms with E-state index in [2.05, 4.69) is 17.2 Å². The number of sulfonamides is 1. The fourth-order valence-electron chi connectivity index (χ4n) is 4.39. The number of aromatic nitrogens is 1. The minimum absolute atomic E-state index is 0.276. The van der Waals surface area contributed by atoms with Crippen LogP contribution in [0.5, 0.6) is 5.75 Å². The van der Waals surface area contributed by atoms with Gasteiger partial charge in [-0.2, -0.15) is 4.31 Å². The van der Waals surface area contributed by atoms with Crippen LogP contribution in [0.4, 0.5) is 5.13 Å². The minimum Gasteiger partial charge on any atom is -0.490 e. The number of ether oxygens (including phenoxy) is 1. The Balaban J connectivity index is 1.39. The molecule has 4 rings (SSSR count). The van der Waals surface area contributed by atoms with Gasteiger partial charge in [0, 0.05) is 29.6 Å². The molecule has 0 radical (unpaired) electrons. The molecule has 3 aromatic rings. The van der Waals surface area contributed by atoms with Crippen LogP contribution >= 0.6 is 34.5 Å². The summed E-state index contributed by atoms with van der Waals surface area (Å²) < 4.78 is 33.4. The zero-order valence-electron chi connectivity index (χ0n) is 21.9. The second kappa shape index (κ2) is 13.9. The molecule has 2 aromatic carbocycles. The Morgan fingerprint density at radius 2 is 1.69 bits per heavy atom. The van der Waals surface area contributed by atoms with E-state index in [0.29, 0.717) is 41.8 Å². The van der Waals surface area contributed by atoms with Gasteiger partial charge >= 0.3 is 0 Å². The molecule has 0 aliphatic carbocycles. The molecule has 11 heteroatoms. The van der Waals surface area contributed by atoms with Gasteiger partial charge < -0.3 is 4.74 Å². The van der Waals surface area contributed by atoms with Crippen molar-refractivity contribution in [2.75, 3.05) is 25.0 Å². The van der Waals surface area contributed by atoms with Crippen molar-refractivity contribution in [3.05, 3.63) is 57.4 Å². The number of halogens is 2. The Labute approximate surface area is 244 Å². The van der Waals surface area contributed by atoms with Crippen molar-refractivity contribution in [1.82, 2.24) is 9.29 Å². The van der Waals surface area contributed by atoms with Gasteiger partial charge in [-0.3, -0.25) is 10.1 Å². The fourth-order valence-corrected chi connectivity index (χ4v) is 7.22. The number of hydrogen-bond donors (Lipinski definition) is 1. The number of rotatable bonds is 11. The van der Waals surface area contributed by atoms with Crippen molar-refractivity contribution in [2.45, 2.75) is 63.2 Å². The van der Waals surface area contributed by atoms with Crippen molar-refractivity contribution in [3.8, 4) is 17.0 Å². The molecule has 1 amide bonds. The summed E-state index contributed by atoms with van der Waals surface area (Å²) in [5.41, 5.74) is 1.69. The van der Waals surface area contributed by atoms with E-state index in [-0.39, 0.29) is 14.9 Å². The summed E-state index contributed by atoms with van der Waals surface area (Å²) in [5, 5.41) is 5.54. The maximum Gasteiger partial charge on any atom is 0.257 e. The molecule has 2 heterocycles. The number of anilines is 1. The van der Waals surface area contributed by atoms with Gasteiger partial charge in [-0.1, -0.05) is 74.4 Å². The summed E-state index contributed by atoms with van der Waals surface area (Å²) in [6.45, 7) is 3.78. The predicted molar refractivity (Wildman–Crippen MR) is 159 cm³/mol. The first kappa shape index (κ1) is 29.8. The molecule has 0 unspecified atom stereocenters. The average Bonchev–Trinajstić information content (AvgIpc) is 3.20. The third kappa shape index (κ3) is 7.73. The molecule has 1 aromatic heterocycles. The van der Waals surface area contributed by atoms with E-state index in [1.807, 2.05) is 5.38 Å². The Morgan fingerprint density at radius 3 is 2.33 bits per heavy atom. The third-order valence-electron chi connectivity index (χ3n) is 6.58. The molecule has 210 valence electrons. The highest BCUT2D eigenvalue weighted by Crippen LogP contribution is 2.35. The van der Waals surface area contributed by atoms with Crippen molar-refractivity contribution < 1.29 is 17.9 Å². The molecular weight excluding hydrogens is 577 g/mol. The van der Waals surface area contributed by atoms with Crippen molar-refractivity contribution in [1.29, 1.82) is 0 Å². The number of thiazole rings is 1. The molecule has 1 aliphatic rings. The zero-order valence-corrected chi connectivity index (χ0v) is 25.1. The van der Waals surface area contributed by atoms with E-state index in [1.54, 1.807) is 28.6 Å². The molecule has 1 N–H and O–H groups in total. The lowest BCUT2D eigenvalue weighted by molar-refractivity contribution is 0.102. The third-order valence-corrected chi connectivity index (χ3v) is 9.81. The van der Waals surface area contributed by atoms with Crippen molar-refractivity contribution in [3.63, 3.8) is 0 Å². The molecule has 0 atom stereocenters. The molecule has 1 aliphatic heterocycles. The Kier molecular flexibility index (Phi) is 10.7. The number of unbranched alkanes of at least 4 members (excludes halogenated alkanes) is 3. The maximum absolute atomic E-state index is 13.0. The normalized spacial score (nSPS) is 14.6. The number of nitrogens with one attached hydrogen (secondary N) is 1. The number of carbonyl (C=O) groups excluding carboxylic acids is 1. The summed E-state index contributed by atoms with van der Waals surface area (Å²) in [6.07, 6.45) is 8.17. The fraction of sp³-hybridized carbons (Fsp3) is 0.429. The summed E-state index contributed by atoms with van der Waals surface area (Å²) in [5.74, 6) is -0.0164. The quantitative estimate of drug-likeness (QED) is 0.223. The number of carbonyl (C=O) groups is 1. The second-order valence-electron chi connectivity index (χ2n) is 9.51. The summed E-state index contributed by atoms with van der Waals surface area (Å²) in [6, 6.07) is 9.78. The molecule has 0 bridgehead atoms. The highest BCUT2D eigenvalue weighted by atomic mass is 35.5. The topological polar surface area (TPSA) is 88.6 Å². The van der Waals surface area contributed by atoms with Crippen LogP contribution < -0.4 is 10.1 Å². The first-order valence-corrected chi connectivity index (χ1v) is 16.4. The van der Waals surface area contributed by atoms with Crippen molar-refractivity contribution >= 4 is 55.6 Å². The molecule has 1 saturated heterocycles. The lowest BCUT2D eigenvalue weighted by Crippen LogP contribution is -2.31. The van der Waals surface area contributed by atoms with Crippen LogP contribution in [0.15, 0.2) is 46.7 Å². The van der Waals surface area contributed by atoms with Gasteiger partial charge in [0.1, 0.15) is 0 Å². The highest BCUT2D eigenvalue weighted by molar-refractivity contribution is 7.89. The molecular formula is C28H33Cl2N3O4S2. The standard InChI is InChI=1S/C28H33Cl2N3O4S2/c1-2-3-4-9-16-37-26-23(29)17-21(18-24(26)30)27(34)32-28-31-25(19-38-28)20-10-12-22(13-11-20)39(35,36)33-14-7-5-6-8-15-33/h10-13,17-19H,2-9,14-16H2,1H3,(H,31,32,34). The minimum atomic E-state index is -3.52. The summed E-state index contributed by atoms with van der Waals surface area (Å²) in [4.78, 5) is 17.6. The van der Waals surface area contributed by atoms with Gasteiger partial charge in [0.2, 0.25) is 10.0 Å². The largest absolute Gasteiger partial charge is 0.490 e. The van der Waals surface area contributed by atoms with Crippen LogP contribution in [0.3, 0.4) is 0 Å². The zero-order chi connectivity index (χ0) is 27.8. The van der Waals surface area contributed by atoms with Crippen molar-refractivity contribution in [2.24, 2.45) is 0 Å². The molecule has 7 nitrogen and oxygen atoms in total. The van der Waals surface area contributed by atoms with E-state index in [9.17, 15) is 13.2 Å². The van der Waals surface area contributed by atoms with E-state index in [4.69, 9.17) is 27.9 Å². The molecule has 0 saturated carbocycles. The van der Waals surface area contributed by atoms with Gasteiger partial charge in [-0.25, -0.2) is 13.4 Å². The van der Waals surface area contributed by atoms with Gasteiger partial charge in [0.05, 0.1) is 27.2 Å². The van der Waals surface area contributed by atoms with Gasteiger partial charge in [0.15, 0.2) is 10.9 Å². The van der Waals surface area contributed by atoms with E-state index >= 15 is 0 Å². The first-order chi connectivity index (χ1) is 18.8.